The Labute approximate surface area is 145 Å². The van der Waals surface area contributed by atoms with E-state index >= 15 is 0 Å². The second-order valence-electron chi connectivity index (χ2n) is 7.47. The molecule has 0 saturated heterocycles. The van der Waals surface area contributed by atoms with E-state index in [1.54, 1.807) is 0 Å². The molecule has 24 heavy (non-hydrogen) atoms. The van der Waals surface area contributed by atoms with Gasteiger partial charge in [0.25, 0.3) is 0 Å². The van der Waals surface area contributed by atoms with Crippen LogP contribution in [0.5, 0.6) is 5.75 Å². The predicted octanol–water partition coefficient (Wildman–Crippen LogP) is 4.19. The highest BCUT2D eigenvalue weighted by molar-refractivity contribution is 5.85. The fourth-order valence-electron chi connectivity index (χ4n) is 2.95. The SMILES string of the molecule is CC1CCCC1NCCOc1cccc(NC(=O)OC(C)(C)C)c1. The van der Waals surface area contributed by atoms with Gasteiger partial charge in [0.2, 0.25) is 0 Å². The van der Waals surface area contributed by atoms with Crippen LogP contribution in [-0.4, -0.2) is 30.9 Å². The molecule has 2 unspecified atom stereocenters. The van der Waals surface area contributed by atoms with Crippen molar-refractivity contribution in [2.75, 3.05) is 18.5 Å². The molecule has 2 atom stereocenters. The molecule has 5 heteroatoms. The third-order valence-electron chi connectivity index (χ3n) is 4.12. The summed E-state index contributed by atoms with van der Waals surface area (Å²) >= 11 is 0. The van der Waals surface area contributed by atoms with Gasteiger partial charge in [-0.3, -0.25) is 5.32 Å². The first-order valence-corrected chi connectivity index (χ1v) is 8.80. The van der Waals surface area contributed by atoms with Gasteiger partial charge in [0, 0.05) is 24.3 Å². The zero-order chi connectivity index (χ0) is 17.6. The van der Waals surface area contributed by atoms with Gasteiger partial charge in [0.15, 0.2) is 0 Å². The zero-order valence-electron chi connectivity index (χ0n) is 15.2. The van der Waals surface area contributed by atoms with E-state index in [0.717, 1.165) is 18.2 Å². The van der Waals surface area contributed by atoms with Crippen LogP contribution in [-0.2, 0) is 4.74 Å². The average Bonchev–Trinajstić information content (AvgIpc) is 2.87. The molecule has 1 saturated carbocycles. The molecule has 134 valence electrons. The normalized spacial score (nSPS) is 20.7. The number of anilines is 1. The summed E-state index contributed by atoms with van der Waals surface area (Å²) in [4.78, 5) is 11.8. The minimum Gasteiger partial charge on any atom is -0.492 e. The summed E-state index contributed by atoms with van der Waals surface area (Å²) in [5, 5.41) is 6.28. The summed E-state index contributed by atoms with van der Waals surface area (Å²) in [6.07, 6.45) is 3.43. The second kappa shape index (κ2) is 8.38. The zero-order valence-corrected chi connectivity index (χ0v) is 15.2. The molecule has 0 aliphatic heterocycles. The van der Waals surface area contributed by atoms with Gasteiger partial charge in [-0.25, -0.2) is 4.79 Å². The first-order valence-electron chi connectivity index (χ1n) is 8.80. The van der Waals surface area contributed by atoms with Gasteiger partial charge in [-0.05, 0) is 51.7 Å². The number of nitrogens with one attached hydrogen (secondary N) is 2. The molecule has 1 aromatic carbocycles. The Morgan fingerprint density at radius 2 is 2.08 bits per heavy atom. The number of hydrogen-bond donors (Lipinski definition) is 2. The molecule has 0 heterocycles. The van der Waals surface area contributed by atoms with Crippen molar-refractivity contribution in [2.45, 2.75) is 58.6 Å². The molecule has 1 aliphatic rings. The van der Waals surface area contributed by atoms with E-state index in [4.69, 9.17) is 9.47 Å². The van der Waals surface area contributed by atoms with Gasteiger partial charge in [-0.1, -0.05) is 19.4 Å². The molecule has 0 bridgehead atoms. The lowest BCUT2D eigenvalue weighted by Crippen LogP contribution is -2.34. The largest absolute Gasteiger partial charge is 0.492 e. The summed E-state index contributed by atoms with van der Waals surface area (Å²) in [7, 11) is 0. The van der Waals surface area contributed by atoms with E-state index in [0.29, 0.717) is 18.3 Å². The highest BCUT2D eigenvalue weighted by atomic mass is 16.6. The first kappa shape index (κ1) is 18.6. The molecule has 0 spiro atoms. The fraction of sp³-hybridized carbons (Fsp3) is 0.632. The van der Waals surface area contributed by atoms with Crippen LogP contribution < -0.4 is 15.4 Å². The molecule has 2 N–H and O–H groups in total. The van der Waals surface area contributed by atoms with E-state index < -0.39 is 11.7 Å². The first-order chi connectivity index (χ1) is 11.3. The molecule has 1 fully saturated rings. The number of carbonyl (C=O) groups is 1. The summed E-state index contributed by atoms with van der Waals surface area (Å²) in [5.74, 6) is 1.50. The molecular formula is C19H30N2O3. The highest BCUT2D eigenvalue weighted by Gasteiger charge is 2.22. The van der Waals surface area contributed by atoms with E-state index in [1.807, 2.05) is 45.0 Å². The van der Waals surface area contributed by atoms with Crippen LogP contribution in [0.25, 0.3) is 0 Å². The Balaban J connectivity index is 1.75. The Hall–Kier alpha value is -1.75. The van der Waals surface area contributed by atoms with Crippen molar-refractivity contribution < 1.29 is 14.3 Å². The molecule has 1 aromatic rings. The number of benzene rings is 1. The van der Waals surface area contributed by atoms with Gasteiger partial charge in [0.05, 0.1) is 0 Å². The van der Waals surface area contributed by atoms with Crippen molar-refractivity contribution in [1.29, 1.82) is 0 Å². The van der Waals surface area contributed by atoms with Crippen molar-refractivity contribution in [1.82, 2.24) is 5.32 Å². The summed E-state index contributed by atoms with van der Waals surface area (Å²) in [5.41, 5.74) is 0.153. The van der Waals surface area contributed by atoms with Crippen molar-refractivity contribution in [3.63, 3.8) is 0 Å². The monoisotopic (exact) mass is 334 g/mol. The standard InChI is InChI=1S/C19H30N2O3/c1-14-7-5-10-17(14)20-11-12-23-16-9-6-8-15(13-16)21-18(22)24-19(2,3)4/h6,8-9,13-14,17,20H,5,7,10-12H2,1-4H3,(H,21,22). The van der Waals surface area contributed by atoms with Crippen molar-refractivity contribution in [3.8, 4) is 5.75 Å². The van der Waals surface area contributed by atoms with Gasteiger partial charge in [-0.2, -0.15) is 0 Å². The lowest BCUT2D eigenvalue weighted by Gasteiger charge is -2.20. The van der Waals surface area contributed by atoms with Crippen LogP contribution in [0, 0.1) is 5.92 Å². The molecular weight excluding hydrogens is 304 g/mol. The smallest absolute Gasteiger partial charge is 0.412 e. The molecule has 5 nitrogen and oxygen atoms in total. The highest BCUT2D eigenvalue weighted by Crippen LogP contribution is 2.24. The second-order valence-corrected chi connectivity index (χ2v) is 7.47. The van der Waals surface area contributed by atoms with Gasteiger partial charge < -0.3 is 14.8 Å². The van der Waals surface area contributed by atoms with Crippen LogP contribution in [0.1, 0.15) is 47.0 Å². The van der Waals surface area contributed by atoms with Gasteiger partial charge in [-0.15, -0.1) is 0 Å². The summed E-state index contributed by atoms with van der Waals surface area (Å²) in [6, 6.07) is 7.98. The summed E-state index contributed by atoms with van der Waals surface area (Å²) in [6.45, 7) is 9.26. The third-order valence-corrected chi connectivity index (χ3v) is 4.12. The van der Waals surface area contributed by atoms with Crippen LogP contribution in [0.2, 0.25) is 0 Å². The molecule has 1 aliphatic carbocycles. The summed E-state index contributed by atoms with van der Waals surface area (Å²) < 4.78 is 11.0. The van der Waals surface area contributed by atoms with Crippen LogP contribution in [0.4, 0.5) is 10.5 Å². The number of amides is 1. The Kier molecular flexibility index (Phi) is 6.49. The maximum absolute atomic E-state index is 11.8. The van der Waals surface area contributed by atoms with Crippen molar-refractivity contribution >= 4 is 11.8 Å². The van der Waals surface area contributed by atoms with Gasteiger partial charge >= 0.3 is 6.09 Å². The van der Waals surface area contributed by atoms with Crippen LogP contribution in [0.15, 0.2) is 24.3 Å². The Morgan fingerprint density at radius 3 is 2.75 bits per heavy atom. The Bertz CT molecular complexity index is 540. The number of hydrogen-bond acceptors (Lipinski definition) is 4. The minimum absolute atomic E-state index is 0.462. The number of ether oxygens (including phenoxy) is 2. The molecule has 0 radical (unpaired) electrons. The number of rotatable bonds is 6. The quantitative estimate of drug-likeness (QED) is 0.766. The lowest BCUT2D eigenvalue weighted by molar-refractivity contribution is 0.0636. The van der Waals surface area contributed by atoms with Crippen molar-refractivity contribution in [3.05, 3.63) is 24.3 Å². The fourth-order valence-corrected chi connectivity index (χ4v) is 2.95. The van der Waals surface area contributed by atoms with E-state index in [2.05, 4.69) is 17.6 Å². The maximum atomic E-state index is 11.8. The predicted molar refractivity (Wildman–Crippen MR) is 96.6 cm³/mol. The number of carbonyl (C=O) groups excluding carboxylic acids is 1. The Morgan fingerprint density at radius 1 is 1.29 bits per heavy atom. The van der Waals surface area contributed by atoms with Crippen molar-refractivity contribution in [2.24, 2.45) is 5.92 Å². The average molecular weight is 334 g/mol. The third kappa shape index (κ3) is 6.40. The molecule has 1 amide bonds. The van der Waals surface area contributed by atoms with E-state index in [-0.39, 0.29) is 0 Å². The maximum Gasteiger partial charge on any atom is 0.412 e. The topological polar surface area (TPSA) is 59.6 Å². The lowest BCUT2D eigenvalue weighted by atomic mass is 10.1. The van der Waals surface area contributed by atoms with Crippen LogP contribution >= 0.6 is 0 Å². The van der Waals surface area contributed by atoms with E-state index in [1.165, 1.54) is 19.3 Å². The van der Waals surface area contributed by atoms with E-state index in [9.17, 15) is 4.79 Å². The molecule has 2 rings (SSSR count). The minimum atomic E-state index is -0.513. The molecule has 0 aromatic heterocycles. The van der Waals surface area contributed by atoms with Crippen LogP contribution in [0.3, 0.4) is 0 Å². The van der Waals surface area contributed by atoms with Gasteiger partial charge in [0.1, 0.15) is 18.0 Å².